The summed E-state index contributed by atoms with van der Waals surface area (Å²) in [5, 5.41) is 6.56. The van der Waals surface area contributed by atoms with Crippen LogP contribution in [0.5, 0.6) is 0 Å². The number of carbonyl (C=O) groups excluding carboxylic acids is 1. The predicted molar refractivity (Wildman–Crippen MR) is 79.0 cm³/mol. The van der Waals surface area contributed by atoms with Crippen LogP contribution in [0.15, 0.2) is 6.07 Å². The van der Waals surface area contributed by atoms with E-state index < -0.39 is 11.9 Å². The highest BCUT2D eigenvalue weighted by atomic mass is 19.4. The zero-order valence-electron chi connectivity index (χ0n) is 13.8. The average molecular weight is 336 g/mol. The van der Waals surface area contributed by atoms with Gasteiger partial charge in [0.1, 0.15) is 5.69 Å². The van der Waals surface area contributed by atoms with E-state index in [0.717, 1.165) is 10.7 Å². The molecule has 0 radical (unpaired) electrons. The molecule has 1 atom stereocenters. The highest BCUT2D eigenvalue weighted by molar-refractivity contribution is 5.73. The molecular formula is C14H23F3N4O2. The van der Waals surface area contributed by atoms with Crippen LogP contribution in [0.1, 0.15) is 18.3 Å². The summed E-state index contributed by atoms with van der Waals surface area (Å²) < 4.78 is 44.5. The number of rotatable bonds is 7. The van der Waals surface area contributed by atoms with Crippen LogP contribution >= 0.6 is 0 Å². The number of aromatic nitrogens is 2. The first-order valence-electron chi connectivity index (χ1n) is 7.24. The molecule has 1 rings (SSSR count). The van der Waals surface area contributed by atoms with Gasteiger partial charge in [0.05, 0.1) is 12.3 Å². The van der Waals surface area contributed by atoms with E-state index >= 15 is 0 Å². The van der Waals surface area contributed by atoms with Crippen LogP contribution in [0.2, 0.25) is 0 Å². The van der Waals surface area contributed by atoms with Gasteiger partial charge in [0.2, 0.25) is 0 Å². The fourth-order valence-electron chi connectivity index (χ4n) is 2.00. The second-order valence-corrected chi connectivity index (χ2v) is 5.56. The van der Waals surface area contributed by atoms with Crippen molar-refractivity contribution < 1.29 is 22.7 Å². The standard InChI is InChI=1S/C14H23F3N4O2/c1-10(8-18-13(22)20(3)5-6-23-4)9-21-12(14(15,16)17)7-11(2)19-21/h7,10H,5-6,8-9H2,1-4H3,(H,18,22). The Labute approximate surface area is 133 Å². The molecule has 6 nitrogen and oxygen atoms in total. The number of hydrogen-bond acceptors (Lipinski definition) is 3. The van der Waals surface area contributed by atoms with Gasteiger partial charge in [-0.25, -0.2) is 4.79 Å². The summed E-state index contributed by atoms with van der Waals surface area (Å²) in [5.41, 5.74) is -0.460. The minimum absolute atomic E-state index is 0.0742. The molecule has 0 aliphatic carbocycles. The molecule has 23 heavy (non-hydrogen) atoms. The second-order valence-electron chi connectivity index (χ2n) is 5.56. The highest BCUT2D eigenvalue weighted by Gasteiger charge is 2.35. The first-order valence-corrected chi connectivity index (χ1v) is 7.24. The number of nitrogens with zero attached hydrogens (tertiary/aromatic N) is 3. The van der Waals surface area contributed by atoms with E-state index in [4.69, 9.17) is 4.74 Å². The number of carbonyl (C=O) groups is 1. The minimum Gasteiger partial charge on any atom is -0.383 e. The lowest BCUT2D eigenvalue weighted by atomic mass is 10.2. The van der Waals surface area contributed by atoms with Crippen LogP contribution in [-0.2, 0) is 17.5 Å². The third-order valence-electron chi connectivity index (χ3n) is 3.26. The molecule has 1 N–H and O–H groups in total. The molecule has 0 spiro atoms. The summed E-state index contributed by atoms with van der Waals surface area (Å²) in [7, 11) is 3.16. The predicted octanol–water partition coefficient (Wildman–Crippen LogP) is 2.13. The normalized spacial score (nSPS) is 13.0. The van der Waals surface area contributed by atoms with Crippen molar-refractivity contribution in [2.75, 3.05) is 33.9 Å². The monoisotopic (exact) mass is 336 g/mol. The number of methoxy groups -OCH3 is 1. The number of amides is 2. The van der Waals surface area contributed by atoms with Gasteiger partial charge in [-0.2, -0.15) is 18.3 Å². The SMILES string of the molecule is COCCN(C)C(=O)NCC(C)Cn1nc(C)cc1C(F)(F)F. The van der Waals surface area contributed by atoms with Gasteiger partial charge in [-0.05, 0) is 18.9 Å². The minimum atomic E-state index is -4.44. The molecule has 0 aliphatic heterocycles. The molecule has 1 aromatic rings. The smallest absolute Gasteiger partial charge is 0.383 e. The van der Waals surface area contributed by atoms with Crippen molar-refractivity contribution >= 4 is 6.03 Å². The van der Waals surface area contributed by atoms with E-state index in [1.165, 1.54) is 18.9 Å². The Morgan fingerprint density at radius 2 is 2.17 bits per heavy atom. The van der Waals surface area contributed by atoms with E-state index in [2.05, 4.69) is 10.4 Å². The Kier molecular flexibility index (Phi) is 6.86. The molecule has 2 amide bonds. The molecule has 1 aromatic heterocycles. The van der Waals surface area contributed by atoms with Crippen molar-refractivity contribution in [3.05, 3.63) is 17.5 Å². The van der Waals surface area contributed by atoms with Crippen molar-refractivity contribution in [2.45, 2.75) is 26.6 Å². The van der Waals surface area contributed by atoms with Crippen LogP contribution in [0, 0.1) is 12.8 Å². The first-order chi connectivity index (χ1) is 10.6. The van der Waals surface area contributed by atoms with Gasteiger partial charge in [-0.1, -0.05) is 6.92 Å². The van der Waals surface area contributed by atoms with Crippen molar-refractivity contribution in [2.24, 2.45) is 5.92 Å². The van der Waals surface area contributed by atoms with Gasteiger partial charge in [0.25, 0.3) is 0 Å². The van der Waals surface area contributed by atoms with Gasteiger partial charge in [0.15, 0.2) is 0 Å². The molecule has 0 aromatic carbocycles. The number of ether oxygens (including phenoxy) is 1. The molecule has 132 valence electrons. The van der Waals surface area contributed by atoms with Crippen LogP contribution in [-0.4, -0.2) is 54.6 Å². The summed E-state index contributed by atoms with van der Waals surface area (Å²) in [6.45, 7) is 4.46. The highest BCUT2D eigenvalue weighted by Crippen LogP contribution is 2.30. The van der Waals surface area contributed by atoms with Crippen molar-refractivity contribution in [3.63, 3.8) is 0 Å². The molecule has 0 fully saturated rings. The Morgan fingerprint density at radius 3 is 2.74 bits per heavy atom. The molecule has 1 unspecified atom stereocenters. The Balaban J connectivity index is 2.55. The molecule has 9 heteroatoms. The number of likely N-dealkylation sites (N-methyl/N-ethyl adjacent to an activating group) is 1. The number of hydrogen-bond donors (Lipinski definition) is 1. The number of alkyl halides is 3. The number of aryl methyl sites for hydroxylation is 1. The van der Waals surface area contributed by atoms with Gasteiger partial charge in [-0.15, -0.1) is 0 Å². The van der Waals surface area contributed by atoms with Crippen molar-refractivity contribution in [1.82, 2.24) is 20.0 Å². The maximum Gasteiger partial charge on any atom is 0.433 e. The molecule has 1 heterocycles. The quantitative estimate of drug-likeness (QED) is 0.830. The molecule has 0 aliphatic rings. The van der Waals surface area contributed by atoms with E-state index in [1.807, 2.05) is 0 Å². The lowest BCUT2D eigenvalue weighted by molar-refractivity contribution is -0.144. The summed E-state index contributed by atoms with van der Waals surface area (Å²) in [6, 6.07) is 0.727. The van der Waals surface area contributed by atoms with E-state index in [-0.39, 0.29) is 25.0 Å². The molecule has 0 saturated heterocycles. The lowest BCUT2D eigenvalue weighted by Gasteiger charge is -2.20. The number of urea groups is 1. The number of nitrogens with one attached hydrogen (secondary N) is 1. The van der Waals surface area contributed by atoms with Gasteiger partial charge < -0.3 is 15.0 Å². The summed E-state index contributed by atoms with van der Waals surface area (Å²) in [5.74, 6) is -0.199. The van der Waals surface area contributed by atoms with Crippen LogP contribution in [0.25, 0.3) is 0 Å². The summed E-state index contributed by atoms with van der Waals surface area (Å²) in [6.07, 6.45) is -4.44. The first kappa shape index (κ1) is 19.3. The van der Waals surface area contributed by atoms with Crippen LogP contribution < -0.4 is 5.32 Å². The van der Waals surface area contributed by atoms with Crippen molar-refractivity contribution in [1.29, 1.82) is 0 Å². The van der Waals surface area contributed by atoms with E-state index in [9.17, 15) is 18.0 Å². The van der Waals surface area contributed by atoms with Gasteiger partial charge in [0, 0.05) is 33.8 Å². The third kappa shape index (κ3) is 6.09. The maximum atomic E-state index is 12.9. The molecule has 0 saturated carbocycles. The summed E-state index contributed by atoms with van der Waals surface area (Å²) in [4.78, 5) is 13.2. The van der Waals surface area contributed by atoms with Gasteiger partial charge >= 0.3 is 12.2 Å². The fourth-order valence-corrected chi connectivity index (χ4v) is 2.00. The van der Waals surface area contributed by atoms with E-state index in [0.29, 0.717) is 18.8 Å². The Bertz CT molecular complexity index is 517. The van der Waals surface area contributed by atoms with Crippen LogP contribution in [0.4, 0.5) is 18.0 Å². The lowest BCUT2D eigenvalue weighted by Crippen LogP contribution is -2.41. The summed E-state index contributed by atoms with van der Waals surface area (Å²) >= 11 is 0. The third-order valence-corrected chi connectivity index (χ3v) is 3.26. The zero-order valence-corrected chi connectivity index (χ0v) is 13.8. The van der Waals surface area contributed by atoms with Crippen molar-refractivity contribution in [3.8, 4) is 0 Å². The molecular weight excluding hydrogens is 313 g/mol. The largest absolute Gasteiger partial charge is 0.433 e. The fraction of sp³-hybridized carbons (Fsp3) is 0.714. The second kappa shape index (κ2) is 8.19. The number of halogens is 3. The van der Waals surface area contributed by atoms with Crippen LogP contribution in [0.3, 0.4) is 0 Å². The average Bonchev–Trinajstić information content (AvgIpc) is 2.82. The topological polar surface area (TPSA) is 59.4 Å². The Morgan fingerprint density at radius 1 is 1.52 bits per heavy atom. The molecule has 0 bridgehead atoms. The maximum absolute atomic E-state index is 12.9. The Hall–Kier alpha value is -1.77. The van der Waals surface area contributed by atoms with E-state index in [1.54, 1.807) is 14.0 Å². The zero-order chi connectivity index (χ0) is 17.6. The van der Waals surface area contributed by atoms with Gasteiger partial charge in [-0.3, -0.25) is 4.68 Å².